The molecule has 15 heavy (non-hydrogen) atoms. The zero-order valence-corrected chi connectivity index (χ0v) is 10.4. The summed E-state index contributed by atoms with van der Waals surface area (Å²) in [5.41, 5.74) is 2.97. The van der Waals surface area contributed by atoms with E-state index in [0.717, 1.165) is 12.1 Å². The van der Waals surface area contributed by atoms with E-state index in [1.165, 1.54) is 31.4 Å². The van der Waals surface area contributed by atoms with E-state index < -0.39 is 0 Å². The quantitative estimate of drug-likeness (QED) is 0.588. The van der Waals surface area contributed by atoms with Gasteiger partial charge in [0, 0.05) is 7.05 Å². The molecule has 2 aliphatic rings. The highest BCUT2D eigenvalue weighted by Gasteiger charge is 2.51. The monoisotopic (exact) mass is 206 g/mol. The molecule has 1 spiro atoms. The van der Waals surface area contributed by atoms with Gasteiger partial charge in [-0.05, 0) is 31.6 Å². The lowest BCUT2D eigenvalue weighted by Gasteiger charge is -2.35. The summed E-state index contributed by atoms with van der Waals surface area (Å²) in [6.45, 7) is 6.83. The van der Waals surface area contributed by atoms with Crippen LogP contribution in [-0.2, 0) is 0 Å². The summed E-state index contributed by atoms with van der Waals surface area (Å²) in [7, 11) is 1.87. The second-order valence-corrected chi connectivity index (χ2v) is 5.67. The summed E-state index contributed by atoms with van der Waals surface area (Å²) in [6, 6.07) is 0. The first kappa shape index (κ1) is 10.8. The van der Waals surface area contributed by atoms with Crippen LogP contribution >= 0.6 is 0 Å². The molecule has 2 rings (SSSR count). The Kier molecular flexibility index (Phi) is 2.48. The van der Waals surface area contributed by atoms with Crippen molar-refractivity contribution >= 4 is 11.4 Å². The smallest absolute Gasteiger partial charge is 0.0666 e. The summed E-state index contributed by atoms with van der Waals surface area (Å²) >= 11 is 0. The number of rotatable bonds is 1. The van der Waals surface area contributed by atoms with Crippen LogP contribution in [0.5, 0.6) is 0 Å². The molecule has 1 heterocycles. The molecule has 2 heteroatoms. The molecule has 0 N–H and O–H groups in total. The van der Waals surface area contributed by atoms with Crippen LogP contribution in [0.1, 0.15) is 52.9 Å². The van der Waals surface area contributed by atoms with E-state index in [0.29, 0.717) is 5.41 Å². The van der Waals surface area contributed by atoms with E-state index in [4.69, 9.17) is 4.99 Å². The van der Waals surface area contributed by atoms with Gasteiger partial charge >= 0.3 is 0 Å². The molecule has 1 aliphatic heterocycles. The molecule has 0 aromatic rings. The van der Waals surface area contributed by atoms with E-state index in [1.54, 1.807) is 0 Å². The van der Waals surface area contributed by atoms with Gasteiger partial charge in [0.2, 0.25) is 0 Å². The Hall–Kier alpha value is -0.660. The van der Waals surface area contributed by atoms with Crippen molar-refractivity contribution in [1.29, 1.82) is 0 Å². The molecule has 2 nitrogen and oxygen atoms in total. The van der Waals surface area contributed by atoms with Crippen molar-refractivity contribution in [2.24, 2.45) is 15.4 Å². The maximum absolute atomic E-state index is 5.03. The molecule has 0 radical (unpaired) electrons. The predicted octanol–water partition coefficient (Wildman–Crippen LogP) is 3.26. The van der Waals surface area contributed by atoms with E-state index in [9.17, 15) is 0 Å². The lowest BCUT2D eigenvalue weighted by Crippen LogP contribution is -2.36. The van der Waals surface area contributed by atoms with Crippen molar-refractivity contribution in [1.82, 2.24) is 0 Å². The summed E-state index contributed by atoms with van der Waals surface area (Å²) in [4.78, 5) is 9.30. The van der Waals surface area contributed by atoms with Crippen molar-refractivity contribution in [3.63, 3.8) is 0 Å². The largest absolute Gasteiger partial charge is 0.292 e. The minimum absolute atomic E-state index is 0.244. The third-order valence-electron chi connectivity index (χ3n) is 4.40. The van der Waals surface area contributed by atoms with Gasteiger partial charge in [-0.15, -0.1) is 0 Å². The lowest BCUT2D eigenvalue weighted by molar-refractivity contribution is 0.202. The Bertz CT molecular complexity index is 317. The van der Waals surface area contributed by atoms with Gasteiger partial charge < -0.3 is 0 Å². The summed E-state index contributed by atoms with van der Waals surface area (Å²) in [5.74, 6) is 0. The average Bonchev–Trinajstić information content (AvgIpc) is 2.74. The van der Waals surface area contributed by atoms with Crippen molar-refractivity contribution in [2.75, 3.05) is 7.05 Å². The molecule has 1 fully saturated rings. The molecule has 0 bridgehead atoms. The van der Waals surface area contributed by atoms with Gasteiger partial charge in [-0.2, -0.15) is 0 Å². The fourth-order valence-corrected chi connectivity index (χ4v) is 3.12. The molecule has 0 amide bonds. The van der Waals surface area contributed by atoms with Crippen LogP contribution in [0.25, 0.3) is 0 Å². The first-order valence-corrected chi connectivity index (χ1v) is 6.03. The lowest BCUT2D eigenvalue weighted by atomic mass is 9.71. The molecule has 0 aromatic heterocycles. The number of nitrogens with zero attached hydrogens (tertiary/aromatic N) is 2. The van der Waals surface area contributed by atoms with E-state index >= 15 is 0 Å². The highest BCUT2D eigenvalue weighted by Crippen LogP contribution is 2.52. The maximum atomic E-state index is 5.03. The second kappa shape index (κ2) is 3.43. The fourth-order valence-electron chi connectivity index (χ4n) is 3.12. The first-order valence-electron chi connectivity index (χ1n) is 6.03. The van der Waals surface area contributed by atoms with Crippen LogP contribution in [0.4, 0.5) is 0 Å². The van der Waals surface area contributed by atoms with Gasteiger partial charge in [0.15, 0.2) is 0 Å². The highest BCUT2D eigenvalue weighted by atomic mass is 15.0. The summed E-state index contributed by atoms with van der Waals surface area (Å²) < 4.78 is 0. The second-order valence-electron chi connectivity index (χ2n) is 5.67. The zero-order chi connectivity index (χ0) is 11.1. The third kappa shape index (κ3) is 1.54. The topological polar surface area (TPSA) is 24.7 Å². The van der Waals surface area contributed by atoms with Gasteiger partial charge in [-0.25, -0.2) is 0 Å². The Morgan fingerprint density at radius 2 is 1.87 bits per heavy atom. The van der Waals surface area contributed by atoms with E-state index in [1.807, 2.05) is 7.05 Å². The van der Waals surface area contributed by atoms with Gasteiger partial charge in [-0.1, -0.05) is 26.7 Å². The fraction of sp³-hybridized carbons (Fsp3) is 0.846. The normalized spacial score (nSPS) is 28.5. The Morgan fingerprint density at radius 1 is 1.27 bits per heavy atom. The Balaban J connectivity index is 2.34. The predicted molar refractivity (Wildman–Crippen MR) is 66.1 cm³/mol. The van der Waals surface area contributed by atoms with E-state index in [-0.39, 0.29) is 5.54 Å². The average molecular weight is 206 g/mol. The molecule has 0 unspecified atom stereocenters. The molecular weight excluding hydrogens is 184 g/mol. The summed E-state index contributed by atoms with van der Waals surface area (Å²) in [5, 5.41) is 0. The molecular formula is C13H22N2. The summed E-state index contributed by atoms with van der Waals surface area (Å²) in [6.07, 6.45) is 6.36. The number of hydrogen-bond donors (Lipinski definition) is 0. The van der Waals surface area contributed by atoms with Crippen molar-refractivity contribution in [2.45, 2.75) is 58.4 Å². The van der Waals surface area contributed by atoms with Crippen molar-refractivity contribution in [3.8, 4) is 0 Å². The molecule has 1 saturated carbocycles. The number of hydrogen-bond acceptors (Lipinski definition) is 2. The van der Waals surface area contributed by atoms with Crippen molar-refractivity contribution in [3.05, 3.63) is 0 Å². The van der Waals surface area contributed by atoms with Gasteiger partial charge in [0.25, 0.3) is 0 Å². The van der Waals surface area contributed by atoms with E-state index in [2.05, 4.69) is 25.8 Å². The molecule has 0 atom stereocenters. The molecule has 0 saturated heterocycles. The van der Waals surface area contributed by atoms with Crippen LogP contribution in [0.15, 0.2) is 9.98 Å². The zero-order valence-electron chi connectivity index (χ0n) is 10.4. The number of aliphatic imine (C=N–C) groups is 2. The maximum Gasteiger partial charge on any atom is 0.0666 e. The molecule has 0 aromatic carbocycles. The van der Waals surface area contributed by atoms with Gasteiger partial charge in [-0.3, -0.25) is 9.98 Å². The van der Waals surface area contributed by atoms with Crippen LogP contribution in [0, 0.1) is 5.41 Å². The molecule has 1 aliphatic carbocycles. The SMILES string of the molecule is CN=C(C)C1=NC2(CCCC2)C(C)(C)C1. The van der Waals surface area contributed by atoms with Crippen LogP contribution in [0.3, 0.4) is 0 Å². The molecule has 84 valence electrons. The Labute approximate surface area is 92.9 Å². The Morgan fingerprint density at radius 3 is 2.40 bits per heavy atom. The minimum Gasteiger partial charge on any atom is -0.292 e. The standard InChI is InChI=1S/C13H22N2/c1-10(14-4)11-9-12(2,3)13(15-11)7-5-6-8-13/h5-9H2,1-4H3. The van der Waals surface area contributed by atoms with Gasteiger partial charge in [0.1, 0.15) is 0 Å². The minimum atomic E-state index is 0.244. The van der Waals surface area contributed by atoms with Crippen LogP contribution in [-0.4, -0.2) is 24.0 Å². The van der Waals surface area contributed by atoms with Crippen molar-refractivity contribution < 1.29 is 0 Å². The van der Waals surface area contributed by atoms with Crippen LogP contribution < -0.4 is 0 Å². The highest BCUT2D eigenvalue weighted by molar-refractivity contribution is 6.42. The first-order chi connectivity index (χ1) is 7.01. The van der Waals surface area contributed by atoms with Crippen LogP contribution in [0.2, 0.25) is 0 Å². The van der Waals surface area contributed by atoms with Gasteiger partial charge in [0.05, 0.1) is 17.0 Å². The third-order valence-corrected chi connectivity index (χ3v) is 4.40.